The predicted octanol–water partition coefficient (Wildman–Crippen LogP) is 0.823. The van der Waals surface area contributed by atoms with Gasteiger partial charge in [-0.05, 0) is 25.0 Å². The number of benzene rings is 1. The summed E-state index contributed by atoms with van der Waals surface area (Å²) in [6, 6.07) is 6.83. The van der Waals surface area contributed by atoms with Crippen LogP contribution in [0.5, 0.6) is 0 Å². The van der Waals surface area contributed by atoms with Crippen molar-refractivity contribution in [2.24, 2.45) is 0 Å². The first-order valence-electron chi connectivity index (χ1n) is 6.41. The summed E-state index contributed by atoms with van der Waals surface area (Å²) in [6.45, 7) is 0.299. The van der Waals surface area contributed by atoms with Gasteiger partial charge in [-0.1, -0.05) is 12.1 Å². The number of carbonyl (C=O) groups is 2. The van der Waals surface area contributed by atoms with Gasteiger partial charge in [0, 0.05) is 6.04 Å². The van der Waals surface area contributed by atoms with Crippen molar-refractivity contribution in [2.75, 3.05) is 13.2 Å². The average Bonchev–Trinajstić information content (AvgIpc) is 2.63. The van der Waals surface area contributed by atoms with E-state index in [0.29, 0.717) is 30.6 Å². The van der Waals surface area contributed by atoms with Crippen molar-refractivity contribution < 1.29 is 19.4 Å². The largest absolute Gasteiger partial charge is 0.394 e. The molecule has 0 aromatic heterocycles. The Labute approximate surface area is 110 Å². The maximum absolute atomic E-state index is 12.2. The maximum Gasteiger partial charge on any atom is 0.261 e. The molecule has 1 aliphatic carbocycles. The van der Waals surface area contributed by atoms with Gasteiger partial charge in [0.2, 0.25) is 0 Å². The number of nitrogens with zero attached hydrogens (tertiary/aromatic N) is 1. The van der Waals surface area contributed by atoms with Crippen LogP contribution in [-0.4, -0.2) is 47.2 Å². The fraction of sp³-hybridized carbons (Fsp3) is 0.429. The number of carbonyl (C=O) groups excluding carboxylic acids is 2. The normalized spacial score (nSPS) is 25.4. The second kappa shape index (κ2) is 4.75. The van der Waals surface area contributed by atoms with Crippen LogP contribution in [-0.2, 0) is 4.74 Å². The third-order valence-corrected chi connectivity index (χ3v) is 3.71. The fourth-order valence-corrected chi connectivity index (χ4v) is 2.64. The Morgan fingerprint density at radius 2 is 1.74 bits per heavy atom. The lowest BCUT2D eigenvalue weighted by molar-refractivity contribution is -0.0477. The Kier molecular flexibility index (Phi) is 3.08. The van der Waals surface area contributed by atoms with Crippen molar-refractivity contribution in [1.82, 2.24) is 4.90 Å². The van der Waals surface area contributed by atoms with Gasteiger partial charge in [-0.25, -0.2) is 0 Å². The van der Waals surface area contributed by atoms with Crippen molar-refractivity contribution in [3.8, 4) is 0 Å². The molecule has 2 aliphatic rings. The number of aliphatic hydroxyl groups excluding tert-OH is 1. The first kappa shape index (κ1) is 12.3. The molecule has 1 aromatic carbocycles. The van der Waals surface area contributed by atoms with Gasteiger partial charge in [0.25, 0.3) is 11.8 Å². The van der Waals surface area contributed by atoms with Crippen LogP contribution < -0.4 is 0 Å². The van der Waals surface area contributed by atoms with E-state index in [0.717, 1.165) is 0 Å². The molecule has 1 aromatic rings. The van der Waals surface area contributed by atoms with Crippen molar-refractivity contribution in [3.05, 3.63) is 35.4 Å². The highest BCUT2D eigenvalue weighted by molar-refractivity contribution is 6.21. The van der Waals surface area contributed by atoms with Crippen LogP contribution in [0.2, 0.25) is 0 Å². The number of imide groups is 1. The highest BCUT2D eigenvalue weighted by Gasteiger charge is 2.45. The van der Waals surface area contributed by atoms with E-state index in [2.05, 4.69) is 0 Å². The number of hydrogen-bond donors (Lipinski definition) is 1. The molecule has 19 heavy (non-hydrogen) atoms. The van der Waals surface area contributed by atoms with Gasteiger partial charge in [0.05, 0.1) is 30.4 Å². The van der Waals surface area contributed by atoms with E-state index in [1.54, 1.807) is 24.3 Å². The standard InChI is InChI=1S/C14H15NO4/c16-5-6-19-10-7-9(8-10)15-13(17)11-3-1-2-4-12(11)14(15)18/h1-4,9-10,16H,5-8H2/t9-,10-. The minimum atomic E-state index is -0.203. The van der Waals surface area contributed by atoms with E-state index >= 15 is 0 Å². The van der Waals surface area contributed by atoms with E-state index in [9.17, 15) is 9.59 Å². The van der Waals surface area contributed by atoms with Gasteiger partial charge >= 0.3 is 0 Å². The summed E-state index contributed by atoms with van der Waals surface area (Å²) in [5.74, 6) is -0.405. The summed E-state index contributed by atoms with van der Waals surface area (Å²) < 4.78 is 5.37. The quantitative estimate of drug-likeness (QED) is 0.815. The Bertz CT molecular complexity index is 487. The first-order valence-corrected chi connectivity index (χ1v) is 6.41. The molecule has 0 saturated heterocycles. The van der Waals surface area contributed by atoms with Gasteiger partial charge in [-0.2, -0.15) is 0 Å². The lowest BCUT2D eigenvalue weighted by atomic mass is 9.88. The molecular formula is C14H15NO4. The fourth-order valence-electron chi connectivity index (χ4n) is 2.64. The van der Waals surface area contributed by atoms with Gasteiger partial charge in [0.1, 0.15) is 0 Å². The summed E-state index contributed by atoms with van der Waals surface area (Å²) in [5.41, 5.74) is 0.986. The summed E-state index contributed by atoms with van der Waals surface area (Å²) in [4.78, 5) is 25.7. The Balaban J connectivity index is 1.69. The first-order chi connectivity index (χ1) is 9.22. The molecule has 0 bridgehead atoms. The lowest BCUT2D eigenvalue weighted by Gasteiger charge is -2.39. The van der Waals surface area contributed by atoms with E-state index in [1.165, 1.54) is 4.90 Å². The lowest BCUT2D eigenvalue weighted by Crippen LogP contribution is -2.50. The minimum absolute atomic E-state index is 0.00577. The predicted molar refractivity (Wildman–Crippen MR) is 66.8 cm³/mol. The second-order valence-electron chi connectivity index (χ2n) is 4.87. The van der Waals surface area contributed by atoms with Crippen LogP contribution in [0.4, 0.5) is 0 Å². The third kappa shape index (κ3) is 1.95. The van der Waals surface area contributed by atoms with E-state index < -0.39 is 0 Å². The topological polar surface area (TPSA) is 66.8 Å². The maximum atomic E-state index is 12.2. The molecule has 0 unspecified atom stereocenters. The molecule has 2 amide bonds. The van der Waals surface area contributed by atoms with Crippen LogP contribution >= 0.6 is 0 Å². The zero-order valence-corrected chi connectivity index (χ0v) is 10.4. The van der Waals surface area contributed by atoms with E-state index in [1.807, 2.05) is 0 Å². The number of aliphatic hydroxyl groups is 1. The van der Waals surface area contributed by atoms with Gasteiger partial charge in [-0.3, -0.25) is 14.5 Å². The summed E-state index contributed by atoms with van der Waals surface area (Å²) in [6.07, 6.45) is 1.36. The molecule has 1 saturated carbocycles. The van der Waals surface area contributed by atoms with Gasteiger partial charge in [0.15, 0.2) is 0 Å². The zero-order valence-electron chi connectivity index (χ0n) is 10.4. The molecule has 0 spiro atoms. The van der Waals surface area contributed by atoms with Gasteiger partial charge in [-0.15, -0.1) is 0 Å². The van der Waals surface area contributed by atoms with E-state index in [4.69, 9.17) is 9.84 Å². The van der Waals surface area contributed by atoms with Crippen molar-refractivity contribution in [3.63, 3.8) is 0 Å². The molecule has 0 atom stereocenters. The summed E-state index contributed by atoms with van der Waals surface area (Å²) >= 11 is 0. The van der Waals surface area contributed by atoms with Crippen molar-refractivity contribution >= 4 is 11.8 Å². The van der Waals surface area contributed by atoms with Crippen LogP contribution in [0.15, 0.2) is 24.3 Å². The van der Waals surface area contributed by atoms with Crippen LogP contribution in [0, 0.1) is 0 Å². The molecule has 1 aliphatic heterocycles. The van der Waals surface area contributed by atoms with Crippen molar-refractivity contribution in [1.29, 1.82) is 0 Å². The second-order valence-corrected chi connectivity index (χ2v) is 4.87. The summed E-state index contributed by atoms with van der Waals surface area (Å²) in [7, 11) is 0. The third-order valence-electron chi connectivity index (χ3n) is 3.71. The minimum Gasteiger partial charge on any atom is -0.394 e. The monoisotopic (exact) mass is 261 g/mol. The molecule has 0 radical (unpaired) electrons. The van der Waals surface area contributed by atoms with Crippen molar-refractivity contribution in [2.45, 2.75) is 25.0 Å². The number of hydrogen-bond acceptors (Lipinski definition) is 4. The number of fused-ring (bicyclic) bond motifs is 1. The smallest absolute Gasteiger partial charge is 0.261 e. The van der Waals surface area contributed by atoms with Crippen LogP contribution in [0.3, 0.4) is 0 Å². The van der Waals surface area contributed by atoms with Crippen LogP contribution in [0.1, 0.15) is 33.6 Å². The molecule has 1 heterocycles. The average molecular weight is 261 g/mol. The molecule has 3 rings (SSSR count). The molecule has 5 nitrogen and oxygen atoms in total. The molecule has 1 N–H and O–H groups in total. The SMILES string of the molecule is O=C1c2ccccc2C(=O)N1[C@H]1C[C@H](OCCO)C1. The highest BCUT2D eigenvalue weighted by Crippen LogP contribution is 2.34. The van der Waals surface area contributed by atoms with Crippen LogP contribution in [0.25, 0.3) is 0 Å². The van der Waals surface area contributed by atoms with E-state index in [-0.39, 0.29) is 30.6 Å². The number of ether oxygens (including phenoxy) is 1. The Hall–Kier alpha value is -1.72. The number of rotatable bonds is 4. The molecule has 5 heteroatoms. The van der Waals surface area contributed by atoms with Gasteiger partial charge < -0.3 is 9.84 Å². The zero-order chi connectivity index (χ0) is 13.4. The molecule has 1 fully saturated rings. The Morgan fingerprint density at radius 1 is 1.16 bits per heavy atom. The Morgan fingerprint density at radius 3 is 2.26 bits per heavy atom. The number of amides is 2. The molecule has 100 valence electrons. The highest BCUT2D eigenvalue weighted by atomic mass is 16.5. The summed E-state index contributed by atoms with van der Waals surface area (Å²) in [5, 5.41) is 8.67. The molecular weight excluding hydrogens is 246 g/mol.